The van der Waals surface area contributed by atoms with Gasteiger partial charge in [0.15, 0.2) is 0 Å². The van der Waals surface area contributed by atoms with Crippen molar-refractivity contribution >= 4 is 10.9 Å². The first-order valence-electron chi connectivity index (χ1n) is 5.15. The fraction of sp³-hybridized carbons (Fsp3) is 0.333. The van der Waals surface area contributed by atoms with Gasteiger partial charge in [0.05, 0.1) is 11.2 Å². The van der Waals surface area contributed by atoms with Crippen LogP contribution in [0.5, 0.6) is 0 Å². The molecule has 1 fully saturated rings. The van der Waals surface area contributed by atoms with Gasteiger partial charge in [-0.15, -0.1) is 0 Å². The van der Waals surface area contributed by atoms with Gasteiger partial charge in [0, 0.05) is 11.3 Å². The van der Waals surface area contributed by atoms with Crippen LogP contribution in [-0.4, -0.2) is 9.97 Å². The summed E-state index contributed by atoms with van der Waals surface area (Å²) in [7, 11) is 0. The number of rotatable bonds is 1. The third-order valence-electron chi connectivity index (χ3n) is 3.07. The molecule has 0 radical (unpaired) electrons. The van der Waals surface area contributed by atoms with Crippen LogP contribution in [0.4, 0.5) is 0 Å². The van der Waals surface area contributed by atoms with Crippen molar-refractivity contribution in [2.24, 2.45) is 0 Å². The van der Waals surface area contributed by atoms with E-state index in [1.807, 2.05) is 6.07 Å². The van der Waals surface area contributed by atoms with Gasteiger partial charge in [-0.3, -0.25) is 0 Å². The first-order chi connectivity index (χ1) is 6.95. The fourth-order valence-corrected chi connectivity index (χ4v) is 2.03. The third-order valence-corrected chi connectivity index (χ3v) is 3.07. The van der Waals surface area contributed by atoms with Gasteiger partial charge < -0.3 is 0 Å². The van der Waals surface area contributed by atoms with Crippen LogP contribution in [-0.2, 0) is 0 Å². The molecule has 2 nitrogen and oxygen atoms in total. The lowest BCUT2D eigenvalue weighted by molar-refractivity contribution is 0.413. The van der Waals surface area contributed by atoms with Crippen LogP contribution in [0.25, 0.3) is 10.9 Å². The summed E-state index contributed by atoms with van der Waals surface area (Å²) in [6.07, 6.45) is 5.63. The van der Waals surface area contributed by atoms with Crippen molar-refractivity contribution in [3.8, 4) is 0 Å². The first-order valence-corrected chi connectivity index (χ1v) is 5.15. The quantitative estimate of drug-likeness (QED) is 0.681. The molecule has 0 saturated heterocycles. The molecular weight excluding hydrogens is 172 g/mol. The van der Waals surface area contributed by atoms with Gasteiger partial charge in [-0.1, -0.05) is 24.6 Å². The minimum Gasteiger partial charge on any atom is -0.240 e. The zero-order valence-electron chi connectivity index (χ0n) is 7.98. The van der Waals surface area contributed by atoms with Gasteiger partial charge in [0.25, 0.3) is 0 Å². The monoisotopic (exact) mass is 184 g/mol. The van der Waals surface area contributed by atoms with E-state index in [0.29, 0.717) is 5.92 Å². The molecule has 0 aliphatic heterocycles. The Labute approximate surface area is 83.0 Å². The summed E-state index contributed by atoms with van der Waals surface area (Å²) in [4.78, 5) is 8.69. The van der Waals surface area contributed by atoms with E-state index in [4.69, 9.17) is 0 Å². The Balaban J connectivity index is 2.22. The zero-order chi connectivity index (χ0) is 9.38. The number of fused-ring (bicyclic) bond motifs is 1. The highest BCUT2D eigenvalue weighted by molar-refractivity contribution is 5.81. The molecule has 1 aliphatic rings. The number of aromatic nitrogens is 2. The summed E-state index contributed by atoms with van der Waals surface area (Å²) in [5, 5.41) is 1.24. The predicted octanol–water partition coefficient (Wildman–Crippen LogP) is 2.90. The van der Waals surface area contributed by atoms with E-state index in [1.165, 1.54) is 30.3 Å². The van der Waals surface area contributed by atoms with Crippen LogP contribution in [0.3, 0.4) is 0 Å². The van der Waals surface area contributed by atoms with Crippen molar-refractivity contribution in [2.75, 3.05) is 0 Å². The first kappa shape index (κ1) is 7.92. The Kier molecular flexibility index (Phi) is 1.72. The smallest absolute Gasteiger partial charge is 0.116 e. The van der Waals surface area contributed by atoms with Crippen LogP contribution in [0.15, 0.2) is 30.6 Å². The largest absolute Gasteiger partial charge is 0.240 e. The number of nitrogens with zero attached hydrogens (tertiary/aromatic N) is 2. The highest BCUT2D eigenvalue weighted by Crippen LogP contribution is 2.37. The van der Waals surface area contributed by atoms with E-state index in [2.05, 4.69) is 28.2 Å². The lowest BCUT2D eigenvalue weighted by Crippen LogP contribution is -2.11. The molecule has 2 heteroatoms. The summed E-state index contributed by atoms with van der Waals surface area (Å²) >= 11 is 0. The van der Waals surface area contributed by atoms with E-state index in [1.54, 1.807) is 6.33 Å². The lowest BCUT2D eigenvalue weighted by Gasteiger charge is -2.25. The maximum Gasteiger partial charge on any atom is 0.116 e. The highest BCUT2D eigenvalue weighted by Gasteiger charge is 2.22. The van der Waals surface area contributed by atoms with Gasteiger partial charge in [-0.2, -0.15) is 0 Å². The molecule has 0 N–H and O–H groups in total. The second-order valence-corrected chi connectivity index (χ2v) is 3.90. The van der Waals surface area contributed by atoms with Crippen molar-refractivity contribution < 1.29 is 0 Å². The van der Waals surface area contributed by atoms with E-state index in [9.17, 15) is 0 Å². The zero-order valence-corrected chi connectivity index (χ0v) is 7.98. The minimum atomic E-state index is 0.683. The molecule has 1 heterocycles. The molecule has 0 atom stereocenters. The Hall–Kier alpha value is -1.44. The molecule has 1 aromatic carbocycles. The molecule has 1 aliphatic carbocycles. The Bertz CT molecular complexity index is 455. The molecule has 0 spiro atoms. The Morgan fingerprint density at radius 3 is 2.71 bits per heavy atom. The lowest BCUT2D eigenvalue weighted by atomic mass is 9.81. The molecule has 1 saturated carbocycles. The molecule has 0 bridgehead atoms. The molecule has 0 unspecified atom stereocenters. The molecule has 3 rings (SSSR count). The Morgan fingerprint density at radius 1 is 1.07 bits per heavy atom. The average molecular weight is 184 g/mol. The molecule has 2 aromatic rings. The van der Waals surface area contributed by atoms with E-state index in [0.717, 1.165) is 5.52 Å². The van der Waals surface area contributed by atoms with Crippen LogP contribution >= 0.6 is 0 Å². The summed E-state index contributed by atoms with van der Waals surface area (Å²) < 4.78 is 0. The number of hydrogen-bond acceptors (Lipinski definition) is 2. The molecule has 0 amide bonds. The topological polar surface area (TPSA) is 25.8 Å². The van der Waals surface area contributed by atoms with Crippen molar-refractivity contribution in [1.29, 1.82) is 0 Å². The van der Waals surface area contributed by atoms with Crippen LogP contribution < -0.4 is 0 Å². The van der Waals surface area contributed by atoms with Crippen LogP contribution in [0, 0.1) is 0 Å². The molecule has 1 aromatic heterocycles. The maximum atomic E-state index is 4.42. The standard InChI is InChI=1S/C12H12N2/c1-2-7-11-10(6-1)12(14-8-13-11)9-4-3-5-9/h1-2,6-9H,3-5H2. The number of benzene rings is 1. The number of para-hydroxylation sites is 1. The Morgan fingerprint density at radius 2 is 1.93 bits per heavy atom. The second-order valence-electron chi connectivity index (χ2n) is 3.90. The molecule has 14 heavy (non-hydrogen) atoms. The van der Waals surface area contributed by atoms with Crippen molar-refractivity contribution in [3.63, 3.8) is 0 Å². The third kappa shape index (κ3) is 1.10. The van der Waals surface area contributed by atoms with E-state index in [-0.39, 0.29) is 0 Å². The van der Waals surface area contributed by atoms with Crippen LogP contribution in [0.1, 0.15) is 30.9 Å². The van der Waals surface area contributed by atoms with Gasteiger partial charge in [-0.05, 0) is 18.9 Å². The summed E-state index contributed by atoms with van der Waals surface area (Å²) in [6.45, 7) is 0. The van der Waals surface area contributed by atoms with Crippen molar-refractivity contribution in [1.82, 2.24) is 9.97 Å². The van der Waals surface area contributed by atoms with Gasteiger partial charge in [0.2, 0.25) is 0 Å². The molecular formula is C12H12N2. The van der Waals surface area contributed by atoms with Crippen LogP contribution in [0.2, 0.25) is 0 Å². The van der Waals surface area contributed by atoms with Crippen molar-refractivity contribution in [3.05, 3.63) is 36.3 Å². The normalized spacial score (nSPS) is 16.9. The fourth-order valence-electron chi connectivity index (χ4n) is 2.03. The van der Waals surface area contributed by atoms with E-state index < -0.39 is 0 Å². The van der Waals surface area contributed by atoms with Gasteiger partial charge in [0.1, 0.15) is 6.33 Å². The average Bonchev–Trinajstić information content (AvgIpc) is 2.16. The van der Waals surface area contributed by atoms with E-state index >= 15 is 0 Å². The predicted molar refractivity (Wildman–Crippen MR) is 56.1 cm³/mol. The summed E-state index contributed by atoms with van der Waals surface area (Å²) in [6, 6.07) is 8.27. The molecule has 70 valence electrons. The maximum absolute atomic E-state index is 4.42. The van der Waals surface area contributed by atoms with Gasteiger partial charge in [-0.25, -0.2) is 9.97 Å². The van der Waals surface area contributed by atoms with Crippen molar-refractivity contribution in [2.45, 2.75) is 25.2 Å². The summed E-state index contributed by atoms with van der Waals surface area (Å²) in [5.41, 5.74) is 2.33. The summed E-state index contributed by atoms with van der Waals surface area (Å²) in [5.74, 6) is 0.683. The minimum absolute atomic E-state index is 0.683. The SMILES string of the molecule is c1ccc2c(C3CCC3)ncnc2c1. The number of hydrogen-bond donors (Lipinski definition) is 0. The highest BCUT2D eigenvalue weighted by atomic mass is 14.8. The second kappa shape index (κ2) is 3.05. The van der Waals surface area contributed by atoms with Gasteiger partial charge >= 0.3 is 0 Å².